The molecule has 8 heteroatoms. The lowest BCUT2D eigenvalue weighted by Gasteiger charge is -2.33. The molecule has 1 aliphatic heterocycles. The van der Waals surface area contributed by atoms with E-state index in [1.807, 2.05) is 48.5 Å². The quantitative estimate of drug-likeness (QED) is 0.372. The van der Waals surface area contributed by atoms with E-state index in [9.17, 15) is 14.9 Å². The third-order valence-electron chi connectivity index (χ3n) is 5.74. The van der Waals surface area contributed by atoms with Gasteiger partial charge in [0.1, 0.15) is 5.69 Å². The third kappa shape index (κ3) is 6.40. The fourth-order valence-electron chi connectivity index (χ4n) is 3.96. The summed E-state index contributed by atoms with van der Waals surface area (Å²) >= 11 is 0. The molecule has 34 heavy (non-hydrogen) atoms. The van der Waals surface area contributed by atoms with Crippen molar-refractivity contribution in [1.29, 1.82) is 0 Å². The van der Waals surface area contributed by atoms with Crippen molar-refractivity contribution in [1.82, 2.24) is 10.2 Å². The van der Waals surface area contributed by atoms with Crippen LogP contribution in [0.2, 0.25) is 0 Å². The summed E-state index contributed by atoms with van der Waals surface area (Å²) in [5, 5.41) is 17.6. The highest BCUT2D eigenvalue weighted by Crippen LogP contribution is 2.26. The molecule has 1 fully saturated rings. The van der Waals surface area contributed by atoms with Gasteiger partial charge in [-0.15, -0.1) is 0 Å². The van der Waals surface area contributed by atoms with Crippen LogP contribution in [0.3, 0.4) is 0 Å². The van der Waals surface area contributed by atoms with Crippen molar-refractivity contribution in [2.24, 2.45) is 0 Å². The number of hydrogen-bond donors (Lipinski definition) is 2. The van der Waals surface area contributed by atoms with E-state index in [2.05, 4.69) is 27.7 Å². The second-order valence-corrected chi connectivity index (χ2v) is 8.25. The molecule has 0 bridgehead atoms. The van der Waals surface area contributed by atoms with Gasteiger partial charge in [0.25, 0.3) is 11.6 Å². The standard InChI is InChI=1S/C26H28N4O4/c31-26(28-17-23-19-29(13-14-34-23)18-21-9-5-2-6-10-21)22-11-12-24(25(15-22)30(32)33)27-16-20-7-3-1-4-8-20/h1-12,15,23,27H,13-14,16-19H2,(H,28,31). The van der Waals surface area contributed by atoms with Gasteiger partial charge in [-0.2, -0.15) is 0 Å². The van der Waals surface area contributed by atoms with Crippen molar-refractivity contribution in [3.05, 3.63) is 106 Å². The molecule has 1 aliphatic rings. The number of amides is 1. The Morgan fingerprint density at radius 2 is 1.74 bits per heavy atom. The van der Waals surface area contributed by atoms with E-state index in [4.69, 9.17) is 4.74 Å². The van der Waals surface area contributed by atoms with E-state index < -0.39 is 4.92 Å². The predicted octanol–water partition coefficient (Wildman–Crippen LogP) is 3.84. The van der Waals surface area contributed by atoms with Gasteiger partial charge in [0.2, 0.25) is 0 Å². The first kappa shape index (κ1) is 23.4. The zero-order chi connectivity index (χ0) is 23.8. The number of carbonyl (C=O) groups excluding carboxylic acids is 1. The van der Waals surface area contributed by atoms with E-state index >= 15 is 0 Å². The molecule has 1 amide bonds. The van der Waals surface area contributed by atoms with Crippen LogP contribution in [0, 0.1) is 10.1 Å². The molecule has 0 radical (unpaired) electrons. The first-order valence-electron chi connectivity index (χ1n) is 11.3. The van der Waals surface area contributed by atoms with Crippen molar-refractivity contribution >= 4 is 17.3 Å². The summed E-state index contributed by atoms with van der Waals surface area (Å²) < 4.78 is 5.81. The minimum absolute atomic E-state index is 0.133. The minimum atomic E-state index is -0.476. The van der Waals surface area contributed by atoms with Crippen molar-refractivity contribution in [3.63, 3.8) is 0 Å². The van der Waals surface area contributed by atoms with Gasteiger partial charge < -0.3 is 15.4 Å². The van der Waals surface area contributed by atoms with Crippen LogP contribution >= 0.6 is 0 Å². The average Bonchev–Trinajstić information content (AvgIpc) is 2.87. The second-order valence-electron chi connectivity index (χ2n) is 8.25. The summed E-state index contributed by atoms with van der Waals surface area (Å²) in [7, 11) is 0. The zero-order valence-corrected chi connectivity index (χ0v) is 18.9. The molecule has 0 aliphatic carbocycles. The van der Waals surface area contributed by atoms with Crippen molar-refractivity contribution in [3.8, 4) is 0 Å². The number of anilines is 1. The Morgan fingerprint density at radius 3 is 2.44 bits per heavy atom. The molecule has 2 N–H and O–H groups in total. The number of nitrogens with zero attached hydrogens (tertiary/aromatic N) is 2. The molecule has 1 heterocycles. The molecule has 3 aromatic rings. The lowest BCUT2D eigenvalue weighted by Crippen LogP contribution is -2.47. The minimum Gasteiger partial charge on any atom is -0.375 e. The highest BCUT2D eigenvalue weighted by molar-refractivity contribution is 5.95. The first-order chi connectivity index (χ1) is 16.6. The number of benzene rings is 3. The summed E-state index contributed by atoms with van der Waals surface area (Å²) in [4.78, 5) is 26.1. The van der Waals surface area contributed by atoms with Crippen LogP contribution in [0.5, 0.6) is 0 Å². The predicted molar refractivity (Wildman–Crippen MR) is 131 cm³/mol. The molecule has 3 aromatic carbocycles. The van der Waals surface area contributed by atoms with Gasteiger partial charge in [0, 0.05) is 44.4 Å². The molecule has 1 atom stereocenters. The Hall–Kier alpha value is -3.75. The number of morpholine rings is 1. The summed E-state index contributed by atoms with van der Waals surface area (Å²) in [5.41, 5.74) is 2.73. The summed E-state index contributed by atoms with van der Waals surface area (Å²) in [6, 6.07) is 24.3. The van der Waals surface area contributed by atoms with Gasteiger partial charge in [0.15, 0.2) is 0 Å². The summed E-state index contributed by atoms with van der Waals surface area (Å²) in [5.74, 6) is -0.360. The fourth-order valence-corrected chi connectivity index (χ4v) is 3.96. The number of carbonyl (C=O) groups is 1. The SMILES string of the molecule is O=C(NCC1CN(Cc2ccccc2)CCO1)c1ccc(NCc2ccccc2)c([N+](=O)[O-])c1. The monoisotopic (exact) mass is 460 g/mol. The molecule has 8 nitrogen and oxygen atoms in total. The lowest BCUT2D eigenvalue weighted by atomic mass is 10.1. The average molecular weight is 461 g/mol. The Bertz CT molecular complexity index is 1110. The van der Waals surface area contributed by atoms with Gasteiger partial charge in [-0.05, 0) is 23.3 Å². The van der Waals surface area contributed by atoms with Crippen LogP contribution in [0.25, 0.3) is 0 Å². The van der Waals surface area contributed by atoms with Gasteiger partial charge in [-0.25, -0.2) is 0 Å². The molecular formula is C26H28N4O4. The van der Waals surface area contributed by atoms with Crippen molar-refractivity contribution < 1.29 is 14.5 Å². The van der Waals surface area contributed by atoms with E-state index in [-0.39, 0.29) is 23.3 Å². The number of nitrogens with one attached hydrogen (secondary N) is 2. The smallest absolute Gasteiger partial charge is 0.293 e. The third-order valence-corrected chi connectivity index (χ3v) is 5.74. The zero-order valence-electron chi connectivity index (χ0n) is 18.9. The van der Waals surface area contributed by atoms with E-state index in [0.29, 0.717) is 31.9 Å². The summed E-state index contributed by atoms with van der Waals surface area (Å²) in [6.07, 6.45) is -0.136. The maximum Gasteiger partial charge on any atom is 0.293 e. The Balaban J connectivity index is 1.33. The maximum absolute atomic E-state index is 12.7. The number of nitro groups is 1. The number of hydrogen-bond acceptors (Lipinski definition) is 6. The highest BCUT2D eigenvalue weighted by atomic mass is 16.6. The molecule has 176 valence electrons. The Kier molecular flexibility index (Phi) is 7.85. The van der Waals surface area contributed by atoms with E-state index in [1.54, 1.807) is 12.1 Å². The van der Waals surface area contributed by atoms with Gasteiger partial charge in [-0.3, -0.25) is 19.8 Å². The number of ether oxygens (including phenoxy) is 1. The summed E-state index contributed by atoms with van der Waals surface area (Å²) in [6.45, 7) is 3.76. The molecule has 0 spiro atoms. The van der Waals surface area contributed by atoms with Gasteiger partial charge in [-0.1, -0.05) is 60.7 Å². The number of rotatable bonds is 9. The van der Waals surface area contributed by atoms with Crippen LogP contribution in [0.4, 0.5) is 11.4 Å². The molecule has 1 unspecified atom stereocenters. The topological polar surface area (TPSA) is 96.7 Å². The van der Waals surface area contributed by atoms with Crippen LogP contribution in [-0.4, -0.2) is 48.1 Å². The molecule has 0 aromatic heterocycles. The first-order valence-corrected chi connectivity index (χ1v) is 11.3. The molecule has 0 saturated carbocycles. The van der Waals surface area contributed by atoms with Crippen LogP contribution in [-0.2, 0) is 17.8 Å². The number of nitro benzene ring substituents is 1. The van der Waals surface area contributed by atoms with Crippen LogP contribution in [0.1, 0.15) is 21.5 Å². The van der Waals surface area contributed by atoms with Gasteiger partial charge in [0.05, 0.1) is 17.6 Å². The Labute approximate surface area is 198 Å². The highest BCUT2D eigenvalue weighted by Gasteiger charge is 2.22. The van der Waals surface area contributed by atoms with E-state index in [0.717, 1.165) is 18.7 Å². The molecule has 4 rings (SSSR count). The lowest BCUT2D eigenvalue weighted by molar-refractivity contribution is -0.384. The molecular weight excluding hydrogens is 432 g/mol. The molecule has 1 saturated heterocycles. The van der Waals surface area contributed by atoms with Crippen molar-refractivity contribution in [2.75, 3.05) is 31.6 Å². The van der Waals surface area contributed by atoms with Crippen molar-refractivity contribution in [2.45, 2.75) is 19.2 Å². The van der Waals surface area contributed by atoms with Crippen LogP contribution in [0.15, 0.2) is 78.9 Å². The largest absolute Gasteiger partial charge is 0.375 e. The maximum atomic E-state index is 12.7. The normalized spacial score (nSPS) is 16.1. The van der Waals surface area contributed by atoms with Crippen LogP contribution < -0.4 is 10.6 Å². The van der Waals surface area contributed by atoms with Gasteiger partial charge >= 0.3 is 0 Å². The van der Waals surface area contributed by atoms with E-state index in [1.165, 1.54) is 11.6 Å². The second kappa shape index (κ2) is 11.4. The fraction of sp³-hybridized carbons (Fsp3) is 0.269. The Morgan fingerprint density at radius 1 is 1.03 bits per heavy atom.